The molecular formula is C9H11N3O7S. The van der Waals surface area contributed by atoms with Crippen molar-refractivity contribution in [3.05, 3.63) is 22.2 Å². The van der Waals surface area contributed by atoms with Gasteiger partial charge in [-0.25, -0.2) is 13.6 Å². The largest absolute Gasteiger partial charge is 0.492 e. The van der Waals surface area contributed by atoms with Gasteiger partial charge >= 0.3 is 0 Å². The highest BCUT2D eigenvalue weighted by Gasteiger charge is 2.25. The molecule has 0 saturated carbocycles. The Balaban J connectivity index is 3.51. The highest BCUT2D eigenvalue weighted by molar-refractivity contribution is 7.89. The van der Waals surface area contributed by atoms with Crippen LogP contribution in [0.4, 0.5) is 5.69 Å². The standard InChI is InChI=1S/C9H11N3O7S/c1-18-9-6(19-4-8(10)13)2-5(12(14)15)3-7(9)20(11,16)17/h2-3H,4H2,1H3,(H2,10,13)(H2,11,16,17). The van der Waals surface area contributed by atoms with Crippen molar-refractivity contribution in [1.29, 1.82) is 0 Å². The first kappa shape index (κ1) is 15.7. The molecule has 0 saturated heterocycles. The fraction of sp³-hybridized carbons (Fsp3) is 0.222. The van der Waals surface area contributed by atoms with Gasteiger partial charge < -0.3 is 15.2 Å². The summed E-state index contributed by atoms with van der Waals surface area (Å²) < 4.78 is 32.5. The van der Waals surface area contributed by atoms with E-state index in [0.29, 0.717) is 0 Å². The summed E-state index contributed by atoms with van der Waals surface area (Å²) in [7, 11) is -3.17. The van der Waals surface area contributed by atoms with Gasteiger partial charge in [-0.05, 0) is 0 Å². The number of nitro benzene ring substituents is 1. The quantitative estimate of drug-likeness (QED) is 0.508. The van der Waals surface area contributed by atoms with Crippen LogP contribution in [0.1, 0.15) is 0 Å². The molecule has 20 heavy (non-hydrogen) atoms. The molecule has 0 radical (unpaired) electrons. The number of non-ortho nitro benzene ring substituents is 1. The monoisotopic (exact) mass is 305 g/mol. The first-order chi connectivity index (χ1) is 9.16. The number of nitro groups is 1. The van der Waals surface area contributed by atoms with E-state index in [1.807, 2.05) is 0 Å². The molecule has 0 atom stereocenters. The summed E-state index contributed by atoms with van der Waals surface area (Å²) >= 11 is 0. The third-order valence-electron chi connectivity index (χ3n) is 2.10. The van der Waals surface area contributed by atoms with Crippen molar-refractivity contribution in [2.24, 2.45) is 10.9 Å². The summed E-state index contributed by atoms with van der Waals surface area (Å²) in [6.07, 6.45) is 0. The van der Waals surface area contributed by atoms with Gasteiger partial charge in [0.1, 0.15) is 4.90 Å². The predicted molar refractivity (Wildman–Crippen MR) is 65.7 cm³/mol. The number of amides is 1. The van der Waals surface area contributed by atoms with Crippen LogP contribution in [0.25, 0.3) is 0 Å². The van der Waals surface area contributed by atoms with Crippen molar-refractivity contribution in [1.82, 2.24) is 0 Å². The molecule has 1 aromatic rings. The zero-order valence-corrected chi connectivity index (χ0v) is 11.0. The van der Waals surface area contributed by atoms with Crippen LogP contribution in [0.5, 0.6) is 11.5 Å². The van der Waals surface area contributed by atoms with Gasteiger partial charge in [0.2, 0.25) is 10.0 Å². The molecule has 1 aromatic carbocycles. The molecule has 0 fully saturated rings. The minimum atomic E-state index is -4.29. The predicted octanol–water partition coefficient (Wildman–Crippen LogP) is -0.885. The van der Waals surface area contributed by atoms with Gasteiger partial charge in [-0.3, -0.25) is 14.9 Å². The Morgan fingerprint density at radius 1 is 1.45 bits per heavy atom. The second kappa shape index (κ2) is 5.71. The molecule has 1 rings (SSSR count). The minimum absolute atomic E-state index is 0.329. The molecule has 110 valence electrons. The molecule has 10 nitrogen and oxygen atoms in total. The van der Waals surface area contributed by atoms with Gasteiger partial charge in [-0.2, -0.15) is 0 Å². The van der Waals surface area contributed by atoms with Crippen LogP contribution in [0.3, 0.4) is 0 Å². The Labute approximate surface area is 113 Å². The maximum Gasteiger partial charge on any atom is 0.274 e. The summed E-state index contributed by atoms with van der Waals surface area (Å²) in [4.78, 5) is 19.9. The Kier molecular flexibility index (Phi) is 4.47. The van der Waals surface area contributed by atoms with E-state index in [-0.39, 0.29) is 11.5 Å². The van der Waals surface area contributed by atoms with Gasteiger partial charge in [0.25, 0.3) is 11.6 Å². The first-order valence-electron chi connectivity index (χ1n) is 4.97. The van der Waals surface area contributed by atoms with Gasteiger partial charge in [-0.15, -0.1) is 0 Å². The van der Waals surface area contributed by atoms with Gasteiger partial charge in [0.05, 0.1) is 18.1 Å². The van der Waals surface area contributed by atoms with Gasteiger partial charge in [-0.1, -0.05) is 0 Å². The average molecular weight is 305 g/mol. The zero-order chi connectivity index (χ0) is 15.5. The number of benzene rings is 1. The number of carbonyl (C=O) groups is 1. The van der Waals surface area contributed by atoms with E-state index in [2.05, 4.69) is 0 Å². The topological polar surface area (TPSA) is 165 Å². The Hall–Kier alpha value is -2.40. The van der Waals surface area contributed by atoms with Crippen molar-refractivity contribution >= 4 is 21.6 Å². The van der Waals surface area contributed by atoms with E-state index in [9.17, 15) is 23.3 Å². The zero-order valence-electron chi connectivity index (χ0n) is 10.2. The summed E-state index contributed by atoms with van der Waals surface area (Å²) in [6.45, 7) is -0.610. The van der Waals surface area contributed by atoms with Crippen LogP contribution in [0.15, 0.2) is 17.0 Å². The molecule has 1 amide bonds. The first-order valence-corrected chi connectivity index (χ1v) is 6.51. The SMILES string of the molecule is COc1c(OCC(N)=O)cc([N+](=O)[O-])cc1S(N)(=O)=O. The minimum Gasteiger partial charge on any atom is -0.492 e. The molecule has 0 aliphatic carbocycles. The Morgan fingerprint density at radius 2 is 2.05 bits per heavy atom. The number of nitrogens with zero attached hydrogens (tertiary/aromatic N) is 1. The molecule has 0 bridgehead atoms. The van der Waals surface area contributed by atoms with Crippen LogP contribution >= 0.6 is 0 Å². The maximum atomic E-state index is 11.4. The van der Waals surface area contributed by atoms with E-state index < -0.39 is 38.0 Å². The summed E-state index contributed by atoms with van der Waals surface area (Å²) in [5.74, 6) is -1.53. The van der Waals surface area contributed by atoms with Crippen LogP contribution in [-0.4, -0.2) is 33.0 Å². The number of methoxy groups -OCH3 is 1. The fourth-order valence-corrected chi connectivity index (χ4v) is 2.06. The van der Waals surface area contributed by atoms with Crippen molar-refractivity contribution in [3.8, 4) is 11.5 Å². The Morgan fingerprint density at radius 3 is 2.45 bits per heavy atom. The third-order valence-corrected chi connectivity index (χ3v) is 3.01. The lowest BCUT2D eigenvalue weighted by Crippen LogP contribution is -2.21. The van der Waals surface area contributed by atoms with E-state index in [0.717, 1.165) is 19.2 Å². The lowest BCUT2D eigenvalue weighted by molar-refractivity contribution is -0.385. The highest BCUT2D eigenvalue weighted by atomic mass is 32.2. The average Bonchev–Trinajstić information content (AvgIpc) is 2.33. The second-order valence-corrected chi connectivity index (χ2v) is 5.06. The van der Waals surface area contributed by atoms with Crippen LogP contribution in [0.2, 0.25) is 0 Å². The molecule has 0 aliphatic heterocycles. The van der Waals surface area contributed by atoms with Crippen molar-refractivity contribution in [2.45, 2.75) is 4.90 Å². The van der Waals surface area contributed by atoms with E-state index in [1.54, 1.807) is 0 Å². The number of primary sulfonamides is 1. The van der Waals surface area contributed by atoms with Gasteiger partial charge in [0.15, 0.2) is 18.1 Å². The van der Waals surface area contributed by atoms with E-state index in [4.69, 9.17) is 20.3 Å². The van der Waals surface area contributed by atoms with E-state index in [1.165, 1.54) is 0 Å². The second-order valence-electron chi connectivity index (χ2n) is 3.53. The van der Waals surface area contributed by atoms with Crippen LogP contribution in [-0.2, 0) is 14.8 Å². The fourth-order valence-electron chi connectivity index (χ4n) is 1.34. The van der Waals surface area contributed by atoms with Crippen molar-refractivity contribution in [3.63, 3.8) is 0 Å². The van der Waals surface area contributed by atoms with Crippen molar-refractivity contribution < 1.29 is 27.6 Å². The van der Waals surface area contributed by atoms with Crippen LogP contribution < -0.4 is 20.3 Å². The van der Waals surface area contributed by atoms with Crippen LogP contribution in [0, 0.1) is 10.1 Å². The van der Waals surface area contributed by atoms with Gasteiger partial charge in [0, 0.05) is 6.07 Å². The summed E-state index contributed by atoms with van der Waals surface area (Å²) in [6, 6.07) is 1.63. The molecule has 0 spiro atoms. The number of ether oxygens (including phenoxy) is 2. The molecule has 0 aromatic heterocycles. The number of primary amides is 1. The molecule has 11 heteroatoms. The molecular weight excluding hydrogens is 294 g/mol. The maximum absolute atomic E-state index is 11.4. The summed E-state index contributed by atoms with van der Waals surface area (Å²) in [5.41, 5.74) is 4.28. The normalized spacial score (nSPS) is 10.9. The Bertz CT molecular complexity index is 656. The number of hydrogen-bond acceptors (Lipinski definition) is 7. The highest BCUT2D eigenvalue weighted by Crippen LogP contribution is 2.37. The van der Waals surface area contributed by atoms with Crippen molar-refractivity contribution in [2.75, 3.05) is 13.7 Å². The molecule has 0 aliphatic rings. The molecule has 4 N–H and O–H groups in total. The lowest BCUT2D eigenvalue weighted by atomic mass is 10.3. The summed E-state index contributed by atoms with van der Waals surface area (Å²) in [5, 5.41) is 15.7. The number of carbonyl (C=O) groups excluding carboxylic acids is 1. The number of sulfonamides is 1. The smallest absolute Gasteiger partial charge is 0.274 e. The number of hydrogen-bond donors (Lipinski definition) is 2. The number of nitrogens with two attached hydrogens (primary N) is 2. The lowest BCUT2D eigenvalue weighted by Gasteiger charge is -2.12. The molecule has 0 heterocycles. The third kappa shape index (κ3) is 3.55. The number of rotatable bonds is 6. The van der Waals surface area contributed by atoms with E-state index >= 15 is 0 Å². The molecule has 0 unspecified atom stereocenters.